The third-order valence-corrected chi connectivity index (χ3v) is 6.64. The van der Waals surface area contributed by atoms with Gasteiger partial charge in [0, 0.05) is 49.2 Å². The maximum Gasteiger partial charge on any atom is 0.283 e. The van der Waals surface area contributed by atoms with Crippen molar-refractivity contribution in [2.75, 3.05) is 19.7 Å². The van der Waals surface area contributed by atoms with Crippen LogP contribution in [0, 0.1) is 17.8 Å². The average molecular weight is 439 g/mol. The smallest absolute Gasteiger partial charge is 0.283 e. The predicted octanol–water partition coefficient (Wildman–Crippen LogP) is 3.08. The van der Waals surface area contributed by atoms with Gasteiger partial charge in [0.2, 0.25) is 11.9 Å². The first-order valence-electron chi connectivity index (χ1n) is 11.1. The third kappa shape index (κ3) is 3.38. The first-order chi connectivity index (χ1) is 15.4. The monoisotopic (exact) mass is 438 g/mol. The molecule has 3 atom stereocenters. The van der Waals surface area contributed by atoms with Gasteiger partial charge in [-0.1, -0.05) is 19.9 Å². The van der Waals surface area contributed by atoms with Crippen LogP contribution in [0.25, 0.3) is 11.1 Å². The molecule has 1 aromatic carbocycles. The maximum atomic E-state index is 14.4. The van der Waals surface area contributed by atoms with Crippen molar-refractivity contribution in [2.24, 2.45) is 22.6 Å². The van der Waals surface area contributed by atoms with Crippen LogP contribution in [0.1, 0.15) is 32.3 Å². The molecule has 1 amide bonds. The Labute approximate surface area is 186 Å². The Morgan fingerprint density at radius 2 is 2.22 bits per heavy atom. The number of piperidine rings is 1. The zero-order chi connectivity index (χ0) is 22.5. The van der Waals surface area contributed by atoms with Gasteiger partial charge < -0.3 is 20.1 Å². The summed E-state index contributed by atoms with van der Waals surface area (Å²) in [5.41, 5.74) is 7.09. The lowest BCUT2D eigenvalue weighted by molar-refractivity contribution is -0.137. The van der Waals surface area contributed by atoms with Crippen LogP contribution in [0.15, 0.2) is 41.5 Å². The molecular weight excluding hydrogens is 411 g/mol. The van der Waals surface area contributed by atoms with Crippen molar-refractivity contribution in [3.8, 4) is 16.9 Å². The summed E-state index contributed by atoms with van der Waals surface area (Å²) in [5, 5.41) is 0. The molecule has 0 saturated carbocycles. The Morgan fingerprint density at radius 1 is 1.38 bits per heavy atom. The van der Waals surface area contributed by atoms with Crippen molar-refractivity contribution < 1.29 is 18.7 Å². The second kappa shape index (κ2) is 7.76. The van der Waals surface area contributed by atoms with Gasteiger partial charge in [0.1, 0.15) is 24.0 Å². The Bertz CT molecular complexity index is 1090. The van der Waals surface area contributed by atoms with Crippen molar-refractivity contribution in [1.82, 2.24) is 9.88 Å². The molecule has 168 valence electrons. The molecule has 0 radical (unpaired) electrons. The summed E-state index contributed by atoms with van der Waals surface area (Å²) in [6.07, 6.45) is 2.54. The standard InChI is InChI=1S/C24H27FN4O3/c1-14(2)10-21(30)29-9-7-20-18(12-29)24(13-31-23(26)28-24)17-11-15(5-6-19(17)32-20)16-4-3-8-27-22(16)25/h3-6,8,11,14,18,20H,7,9-10,12-13H2,1-2H3,(H2,26,28)/t18-,20?,24+/m0/s1. The van der Waals surface area contributed by atoms with E-state index in [-0.39, 0.29) is 36.5 Å². The number of fused-ring (bicyclic) bond motifs is 4. The molecule has 0 bridgehead atoms. The van der Waals surface area contributed by atoms with Gasteiger partial charge in [0.05, 0.1) is 0 Å². The first kappa shape index (κ1) is 20.7. The number of hydrogen-bond donors (Lipinski definition) is 1. The lowest BCUT2D eigenvalue weighted by Gasteiger charge is -2.49. The van der Waals surface area contributed by atoms with Crippen molar-refractivity contribution >= 4 is 11.9 Å². The van der Waals surface area contributed by atoms with E-state index in [4.69, 9.17) is 20.2 Å². The molecule has 4 heterocycles. The normalized spacial score (nSPS) is 26.2. The number of amidine groups is 1. The third-order valence-electron chi connectivity index (χ3n) is 6.64. The van der Waals surface area contributed by atoms with Crippen LogP contribution in [0.2, 0.25) is 0 Å². The highest BCUT2D eigenvalue weighted by molar-refractivity contribution is 5.77. The molecule has 32 heavy (non-hydrogen) atoms. The first-order valence-corrected chi connectivity index (χ1v) is 11.1. The number of carbonyl (C=O) groups is 1. The summed E-state index contributed by atoms with van der Waals surface area (Å²) >= 11 is 0. The lowest BCUT2D eigenvalue weighted by Crippen LogP contribution is -2.58. The van der Waals surface area contributed by atoms with E-state index in [1.54, 1.807) is 12.1 Å². The molecular formula is C24H27FN4O3. The lowest BCUT2D eigenvalue weighted by atomic mass is 9.71. The van der Waals surface area contributed by atoms with Crippen molar-refractivity contribution in [2.45, 2.75) is 38.3 Å². The Kier molecular flexibility index (Phi) is 5.03. The Balaban J connectivity index is 1.57. The fraction of sp³-hybridized carbons (Fsp3) is 0.458. The number of amides is 1. The van der Waals surface area contributed by atoms with Crippen LogP contribution < -0.4 is 10.5 Å². The highest BCUT2D eigenvalue weighted by atomic mass is 19.1. The fourth-order valence-electron chi connectivity index (χ4n) is 5.11. The van der Waals surface area contributed by atoms with Crippen LogP contribution in [-0.4, -0.2) is 47.6 Å². The van der Waals surface area contributed by atoms with E-state index in [2.05, 4.69) is 4.98 Å². The van der Waals surface area contributed by atoms with Gasteiger partial charge in [-0.15, -0.1) is 0 Å². The van der Waals surface area contributed by atoms with E-state index in [0.717, 1.165) is 5.56 Å². The quantitative estimate of drug-likeness (QED) is 0.744. The van der Waals surface area contributed by atoms with Crippen molar-refractivity contribution in [3.05, 3.63) is 48.0 Å². The fourth-order valence-corrected chi connectivity index (χ4v) is 5.11. The zero-order valence-electron chi connectivity index (χ0n) is 18.3. The molecule has 1 aromatic heterocycles. The van der Waals surface area contributed by atoms with Crippen LogP contribution in [0.4, 0.5) is 4.39 Å². The largest absolute Gasteiger partial charge is 0.490 e. The highest BCUT2D eigenvalue weighted by Crippen LogP contribution is 2.51. The molecule has 1 spiro atoms. The molecule has 1 fully saturated rings. The van der Waals surface area contributed by atoms with E-state index >= 15 is 0 Å². The van der Waals surface area contributed by atoms with Crippen LogP contribution in [-0.2, 0) is 15.1 Å². The Morgan fingerprint density at radius 3 is 2.94 bits per heavy atom. The molecule has 2 N–H and O–H groups in total. The number of ether oxygens (including phenoxy) is 2. The van der Waals surface area contributed by atoms with Gasteiger partial charge in [-0.2, -0.15) is 4.39 Å². The Hall–Kier alpha value is -3.16. The molecule has 3 aliphatic heterocycles. The predicted molar refractivity (Wildman–Crippen MR) is 117 cm³/mol. The number of halogens is 1. The molecule has 2 aromatic rings. The molecule has 8 heteroatoms. The van der Waals surface area contributed by atoms with E-state index in [0.29, 0.717) is 42.8 Å². The maximum absolute atomic E-state index is 14.4. The van der Waals surface area contributed by atoms with Gasteiger partial charge >= 0.3 is 0 Å². The second-order valence-electron chi connectivity index (χ2n) is 9.20. The number of hydrogen-bond acceptors (Lipinski definition) is 6. The zero-order valence-corrected chi connectivity index (χ0v) is 18.3. The van der Waals surface area contributed by atoms with Gasteiger partial charge in [0.15, 0.2) is 0 Å². The molecule has 1 saturated heterocycles. The highest BCUT2D eigenvalue weighted by Gasteiger charge is 2.56. The molecule has 7 nitrogen and oxygen atoms in total. The van der Waals surface area contributed by atoms with Gasteiger partial charge in [-0.25, -0.2) is 9.98 Å². The van der Waals surface area contributed by atoms with Crippen molar-refractivity contribution in [3.63, 3.8) is 0 Å². The van der Waals surface area contributed by atoms with Gasteiger partial charge in [-0.05, 0) is 35.7 Å². The van der Waals surface area contributed by atoms with E-state index in [1.165, 1.54) is 6.20 Å². The number of carbonyl (C=O) groups excluding carboxylic acids is 1. The van der Waals surface area contributed by atoms with Gasteiger partial charge in [0.25, 0.3) is 6.02 Å². The van der Waals surface area contributed by atoms with E-state index < -0.39 is 11.5 Å². The SMILES string of the molecule is CC(C)CC(=O)N1CCC2Oc3ccc(-c4cccnc4F)cc3[C@]3(COC(N)=N3)[C@H]2C1. The van der Waals surface area contributed by atoms with Crippen LogP contribution in [0.3, 0.4) is 0 Å². The minimum absolute atomic E-state index is 0.107. The van der Waals surface area contributed by atoms with E-state index in [1.807, 2.05) is 36.9 Å². The second-order valence-corrected chi connectivity index (χ2v) is 9.20. The number of aromatic nitrogens is 1. The summed E-state index contributed by atoms with van der Waals surface area (Å²) in [6, 6.07) is 9.10. The number of aliphatic imine (C=N–C) groups is 1. The summed E-state index contributed by atoms with van der Waals surface area (Å²) in [6.45, 7) is 5.52. The molecule has 5 rings (SSSR count). The number of benzene rings is 1. The number of pyridine rings is 1. The molecule has 1 unspecified atom stereocenters. The summed E-state index contributed by atoms with van der Waals surface area (Å²) in [5.74, 6) is 0.475. The topological polar surface area (TPSA) is 90.0 Å². The number of nitrogens with zero attached hydrogens (tertiary/aromatic N) is 3. The minimum atomic E-state index is -0.784. The number of nitrogens with two attached hydrogens (primary N) is 1. The van der Waals surface area contributed by atoms with Crippen LogP contribution >= 0.6 is 0 Å². The van der Waals surface area contributed by atoms with Crippen molar-refractivity contribution in [1.29, 1.82) is 0 Å². The summed E-state index contributed by atoms with van der Waals surface area (Å²) in [4.78, 5) is 23.3. The molecule has 0 aliphatic carbocycles. The number of rotatable bonds is 3. The minimum Gasteiger partial charge on any atom is -0.490 e. The van der Waals surface area contributed by atoms with Crippen LogP contribution in [0.5, 0.6) is 5.75 Å². The molecule has 3 aliphatic rings. The number of likely N-dealkylation sites (tertiary alicyclic amines) is 1. The average Bonchev–Trinajstić information content (AvgIpc) is 3.16. The van der Waals surface area contributed by atoms with Gasteiger partial charge in [-0.3, -0.25) is 4.79 Å². The summed E-state index contributed by atoms with van der Waals surface area (Å²) < 4.78 is 26.4. The summed E-state index contributed by atoms with van der Waals surface area (Å²) in [7, 11) is 0. The van der Waals surface area contributed by atoms with E-state index in [9.17, 15) is 9.18 Å².